The van der Waals surface area contributed by atoms with Crippen molar-refractivity contribution in [3.05, 3.63) is 88.9 Å². The molecule has 1 aliphatic heterocycles. The Kier molecular flexibility index (Phi) is 4.41. The fraction of sp³-hybridized carbons (Fsp3) is 0.273. The van der Waals surface area contributed by atoms with Crippen LogP contribution in [0.3, 0.4) is 0 Å². The third kappa shape index (κ3) is 3.43. The van der Waals surface area contributed by atoms with E-state index in [1.165, 1.54) is 12.1 Å². The number of carbonyl (C=O) groups is 1. The van der Waals surface area contributed by atoms with Gasteiger partial charge in [-0.1, -0.05) is 19.9 Å². The van der Waals surface area contributed by atoms with Crippen molar-refractivity contribution in [3.63, 3.8) is 0 Å². The molecule has 27 heavy (non-hydrogen) atoms. The van der Waals surface area contributed by atoms with Crippen molar-refractivity contribution in [2.75, 3.05) is 0 Å². The number of non-ortho nitro benzene ring substituents is 1. The van der Waals surface area contributed by atoms with Gasteiger partial charge in [-0.3, -0.25) is 14.9 Å². The number of rotatable bonds is 3. The van der Waals surface area contributed by atoms with Crippen molar-refractivity contribution in [2.45, 2.75) is 26.7 Å². The molecule has 1 fully saturated rings. The highest BCUT2D eigenvalue weighted by Gasteiger charge is 2.41. The average Bonchev–Trinajstić information content (AvgIpc) is 3.14. The number of nitro benzene ring substituents is 1. The van der Waals surface area contributed by atoms with Gasteiger partial charge in [-0.05, 0) is 61.1 Å². The van der Waals surface area contributed by atoms with Gasteiger partial charge in [0.05, 0.1) is 4.92 Å². The molecule has 0 bridgehead atoms. The maximum Gasteiger partial charge on any atom is 0.269 e. The van der Waals surface area contributed by atoms with E-state index in [9.17, 15) is 14.9 Å². The van der Waals surface area contributed by atoms with Crippen molar-refractivity contribution in [1.29, 1.82) is 0 Å². The molecule has 1 atom stereocenters. The highest BCUT2D eigenvalue weighted by Crippen LogP contribution is 2.46. The number of hydrogen-bond donors (Lipinski definition) is 1. The lowest BCUT2D eigenvalue weighted by Crippen LogP contribution is -2.37. The van der Waals surface area contributed by atoms with Gasteiger partial charge >= 0.3 is 0 Å². The van der Waals surface area contributed by atoms with E-state index in [-0.39, 0.29) is 22.8 Å². The summed E-state index contributed by atoms with van der Waals surface area (Å²) in [5, 5.41) is 14.4. The minimum absolute atomic E-state index is 0.0663. The molecule has 1 heterocycles. The summed E-state index contributed by atoms with van der Waals surface area (Å²) in [7, 11) is 0. The summed E-state index contributed by atoms with van der Waals surface area (Å²) in [4.78, 5) is 23.4. The summed E-state index contributed by atoms with van der Waals surface area (Å²) in [5.74, 6) is 1.19. The molecule has 4 rings (SSSR count). The van der Waals surface area contributed by atoms with Crippen LogP contribution < -0.4 is 5.32 Å². The van der Waals surface area contributed by atoms with Crippen molar-refractivity contribution in [3.8, 4) is 0 Å². The zero-order valence-corrected chi connectivity index (χ0v) is 15.4. The van der Waals surface area contributed by atoms with E-state index in [1.807, 2.05) is 25.7 Å². The van der Waals surface area contributed by atoms with Gasteiger partial charge in [0.2, 0.25) is 0 Å². The maximum atomic E-state index is 12.9. The van der Waals surface area contributed by atoms with Crippen molar-refractivity contribution >= 4 is 17.2 Å². The molecule has 1 aromatic carbocycles. The quantitative estimate of drug-likeness (QED) is 0.647. The molecule has 5 heteroatoms. The van der Waals surface area contributed by atoms with Gasteiger partial charge < -0.3 is 5.32 Å². The fourth-order valence-electron chi connectivity index (χ4n) is 4.05. The lowest BCUT2D eigenvalue weighted by Gasteiger charge is -2.39. The molecule has 0 amide bonds. The first-order valence-corrected chi connectivity index (χ1v) is 9.06. The number of dihydropyridines is 1. The number of ketones is 1. The molecule has 1 N–H and O–H groups in total. The predicted octanol–water partition coefficient (Wildman–Crippen LogP) is 4.20. The standard InChI is InChI=1S/C22H21N2O3/c1-22(2)12-19-21(20(25)13-22)17(14-5-3-4-6-14)11-18(23-19)15-7-9-16(10-8-15)24(26)27/h3-11,17,23H,12-13H2,1-2H3. The molecule has 5 nitrogen and oxygen atoms in total. The molecule has 0 spiro atoms. The van der Waals surface area contributed by atoms with Crippen LogP contribution in [-0.4, -0.2) is 10.7 Å². The van der Waals surface area contributed by atoms with E-state index in [4.69, 9.17) is 0 Å². The molecule has 2 aliphatic carbocycles. The molecule has 1 aromatic rings. The summed E-state index contributed by atoms with van der Waals surface area (Å²) >= 11 is 0. The van der Waals surface area contributed by atoms with E-state index in [0.717, 1.165) is 34.9 Å². The highest BCUT2D eigenvalue weighted by atomic mass is 16.6. The van der Waals surface area contributed by atoms with Crippen LogP contribution in [0.15, 0.2) is 41.6 Å². The van der Waals surface area contributed by atoms with Crippen LogP contribution in [0.2, 0.25) is 0 Å². The summed E-state index contributed by atoms with van der Waals surface area (Å²) in [6.07, 6.45) is 11.4. The number of nitro groups is 1. The predicted molar refractivity (Wildman–Crippen MR) is 103 cm³/mol. The SMILES string of the molecule is CC1(C)CC(=O)C2=C(C1)NC(c1ccc([N+](=O)[O-])cc1)=CC2[C]1[CH][CH][CH][CH]1. The Balaban J connectivity index is 1.72. The molecule has 1 unspecified atom stereocenters. The normalized spacial score (nSPS) is 25.0. The van der Waals surface area contributed by atoms with E-state index >= 15 is 0 Å². The first kappa shape index (κ1) is 18.0. The van der Waals surface area contributed by atoms with E-state index in [2.05, 4.69) is 25.2 Å². The smallest absolute Gasteiger partial charge is 0.269 e. The van der Waals surface area contributed by atoms with Crippen molar-refractivity contribution in [1.82, 2.24) is 5.32 Å². The lowest BCUT2D eigenvalue weighted by atomic mass is 9.69. The minimum atomic E-state index is -0.401. The van der Waals surface area contributed by atoms with Crippen LogP contribution in [-0.2, 0) is 4.79 Å². The first-order chi connectivity index (χ1) is 12.8. The number of Topliss-reactive ketones (excluding diaryl/α,β-unsaturated/α-hetero) is 1. The Hall–Kier alpha value is -2.43. The Morgan fingerprint density at radius 3 is 2.41 bits per heavy atom. The van der Waals surface area contributed by atoms with Gasteiger partial charge in [0.15, 0.2) is 5.78 Å². The summed E-state index contributed by atoms with van der Waals surface area (Å²) in [5.41, 5.74) is 3.57. The third-order valence-electron chi connectivity index (χ3n) is 5.29. The van der Waals surface area contributed by atoms with Gasteiger partial charge in [-0.2, -0.15) is 0 Å². The third-order valence-corrected chi connectivity index (χ3v) is 5.29. The van der Waals surface area contributed by atoms with Crippen LogP contribution in [0.25, 0.3) is 5.70 Å². The van der Waals surface area contributed by atoms with Gasteiger partial charge in [0, 0.05) is 41.4 Å². The van der Waals surface area contributed by atoms with Crippen LogP contribution in [0.5, 0.6) is 0 Å². The molecule has 3 aliphatic rings. The minimum Gasteiger partial charge on any atom is -0.358 e. The monoisotopic (exact) mass is 361 g/mol. The second-order valence-corrected chi connectivity index (χ2v) is 8.04. The largest absolute Gasteiger partial charge is 0.358 e. The zero-order valence-electron chi connectivity index (χ0n) is 15.4. The zero-order chi connectivity index (χ0) is 19.2. The average molecular weight is 361 g/mol. The summed E-state index contributed by atoms with van der Waals surface area (Å²) < 4.78 is 0. The van der Waals surface area contributed by atoms with Crippen LogP contribution >= 0.6 is 0 Å². The van der Waals surface area contributed by atoms with Gasteiger partial charge in [0.25, 0.3) is 5.69 Å². The first-order valence-electron chi connectivity index (χ1n) is 9.06. The lowest BCUT2D eigenvalue weighted by molar-refractivity contribution is -0.384. The molecule has 0 saturated heterocycles. The van der Waals surface area contributed by atoms with E-state index in [0.29, 0.717) is 6.42 Å². The molecule has 137 valence electrons. The molecule has 5 radical (unpaired) electrons. The summed E-state index contributed by atoms with van der Waals surface area (Å²) in [6, 6.07) is 6.52. The van der Waals surface area contributed by atoms with Crippen molar-refractivity contribution in [2.24, 2.45) is 11.3 Å². The molecule has 0 aromatic heterocycles. The number of nitrogens with one attached hydrogen (secondary N) is 1. The van der Waals surface area contributed by atoms with Crippen LogP contribution in [0.4, 0.5) is 5.69 Å². The molecular formula is C22H21N2O3. The Labute approximate surface area is 159 Å². The Bertz CT molecular complexity index is 843. The van der Waals surface area contributed by atoms with Gasteiger partial charge in [-0.15, -0.1) is 0 Å². The second kappa shape index (κ2) is 6.63. The fourth-order valence-corrected chi connectivity index (χ4v) is 4.05. The van der Waals surface area contributed by atoms with E-state index in [1.54, 1.807) is 12.1 Å². The number of carbonyl (C=O) groups excluding carboxylic acids is 1. The Morgan fingerprint density at radius 2 is 1.78 bits per heavy atom. The number of nitrogens with zero attached hydrogens (tertiary/aromatic N) is 1. The summed E-state index contributed by atoms with van der Waals surface area (Å²) in [6.45, 7) is 4.22. The van der Waals surface area contributed by atoms with Crippen molar-refractivity contribution < 1.29 is 9.72 Å². The molecular weight excluding hydrogens is 340 g/mol. The topological polar surface area (TPSA) is 72.2 Å². The number of allylic oxidation sites excluding steroid dienone is 3. The highest BCUT2D eigenvalue weighted by molar-refractivity contribution is 6.00. The van der Waals surface area contributed by atoms with Gasteiger partial charge in [-0.25, -0.2) is 0 Å². The number of hydrogen-bond acceptors (Lipinski definition) is 4. The van der Waals surface area contributed by atoms with Crippen LogP contribution in [0, 0.1) is 53.0 Å². The molecule has 1 saturated carbocycles. The number of benzene rings is 1. The van der Waals surface area contributed by atoms with E-state index < -0.39 is 4.92 Å². The second-order valence-electron chi connectivity index (χ2n) is 8.04. The Morgan fingerprint density at radius 1 is 1.11 bits per heavy atom. The van der Waals surface area contributed by atoms with Crippen LogP contribution in [0.1, 0.15) is 32.3 Å². The van der Waals surface area contributed by atoms with Gasteiger partial charge in [0.1, 0.15) is 0 Å². The maximum absolute atomic E-state index is 12.9.